The van der Waals surface area contributed by atoms with Crippen molar-refractivity contribution < 1.29 is 14.3 Å². The van der Waals surface area contributed by atoms with Gasteiger partial charge in [-0.15, -0.1) is 0 Å². The van der Waals surface area contributed by atoms with Crippen LogP contribution >= 0.6 is 11.3 Å². The molecule has 31 heavy (non-hydrogen) atoms. The number of aromatic nitrogens is 1. The van der Waals surface area contributed by atoms with Gasteiger partial charge in [-0.3, -0.25) is 9.69 Å². The van der Waals surface area contributed by atoms with E-state index in [1.54, 1.807) is 24.0 Å². The third-order valence-corrected chi connectivity index (χ3v) is 6.59. The van der Waals surface area contributed by atoms with E-state index in [2.05, 4.69) is 0 Å². The van der Waals surface area contributed by atoms with Gasteiger partial charge < -0.3 is 4.74 Å². The Morgan fingerprint density at radius 2 is 1.74 bits per heavy atom. The standard InChI is InChI=1S/C25H20N2O3S/c1-16-9-3-7-13-20(16)27(24-26-19-12-6-8-14-21(19)31-24)23(29)25(2)15-17-10-4-5-11-18(17)22(28)30-25/h3-14H,15H2,1-2H3. The first-order chi connectivity index (χ1) is 15.0. The largest absolute Gasteiger partial charge is 0.445 e. The predicted octanol–water partition coefficient (Wildman–Crippen LogP) is 5.44. The van der Waals surface area contributed by atoms with Crippen molar-refractivity contribution in [3.05, 3.63) is 89.5 Å². The first kappa shape index (κ1) is 19.5. The molecule has 1 amide bonds. The lowest BCUT2D eigenvalue weighted by Crippen LogP contribution is -2.52. The molecule has 6 heteroatoms. The first-order valence-electron chi connectivity index (χ1n) is 10.0. The number of ether oxygens (including phenoxy) is 1. The zero-order chi connectivity index (χ0) is 21.6. The average molecular weight is 429 g/mol. The Bertz CT molecular complexity index is 1300. The lowest BCUT2D eigenvalue weighted by molar-refractivity contribution is -0.136. The van der Waals surface area contributed by atoms with Gasteiger partial charge in [0, 0.05) is 6.42 Å². The highest BCUT2D eigenvalue weighted by Gasteiger charge is 2.46. The second-order valence-electron chi connectivity index (χ2n) is 7.85. The number of carbonyl (C=O) groups is 2. The fourth-order valence-corrected chi connectivity index (χ4v) is 4.94. The average Bonchev–Trinajstić information content (AvgIpc) is 3.19. The zero-order valence-electron chi connectivity index (χ0n) is 17.2. The normalized spacial score (nSPS) is 17.8. The number of amides is 1. The highest BCUT2D eigenvalue weighted by atomic mass is 32.1. The van der Waals surface area contributed by atoms with Crippen LogP contribution in [0.3, 0.4) is 0 Å². The minimum atomic E-state index is -1.34. The highest BCUT2D eigenvalue weighted by molar-refractivity contribution is 7.22. The van der Waals surface area contributed by atoms with E-state index in [-0.39, 0.29) is 5.91 Å². The second kappa shape index (κ2) is 7.32. The third kappa shape index (κ3) is 3.29. The van der Waals surface area contributed by atoms with Gasteiger partial charge in [-0.05, 0) is 49.2 Å². The predicted molar refractivity (Wildman–Crippen MR) is 122 cm³/mol. The molecule has 1 aromatic heterocycles. The molecule has 0 saturated heterocycles. The van der Waals surface area contributed by atoms with Crippen molar-refractivity contribution in [1.82, 2.24) is 4.98 Å². The number of rotatable bonds is 3. The number of benzene rings is 3. The number of aryl methyl sites for hydroxylation is 1. The minimum Gasteiger partial charge on any atom is -0.445 e. The molecule has 1 atom stereocenters. The van der Waals surface area contributed by atoms with Crippen LogP contribution in [0, 0.1) is 6.92 Å². The number of nitrogens with zero attached hydrogens (tertiary/aromatic N) is 2. The molecule has 0 aliphatic carbocycles. The van der Waals surface area contributed by atoms with Crippen LogP contribution in [0.5, 0.6) is 0 Å². The van der Waals surface area contributed by atoms with Crippen molar-refractivity contribution in [1.29, 1.82) is 0 Å². The fourth-order valence-electron chi connectivity index (χ4n) is 3.96. The molecule has 4 aromatic rings. The van der Waals surface area contributed by atoms with Gasteiger partial charge in [-0.25, -0.2) is 9.78 Å². The van der Waals surface area contributed by atoms with E-state index >= 15 is 0 Å². The molecule has 1 aliphatic heterocycles. The molecule has 2 heterocycles. The second-order valence-corrected chi connectivity index (χ2v) is 8.85. The van der Waals surface area contributed by atoms with Crippen molar-refractivity contribution in [2.75, 3.05) is 4.90 Å². The number of cyclic esters (lactones) is 1. The molecule has 5 rings (SSSR count). The van der Waals surface area contributed by atoms with Crippen LogP contribution in [-0.4, -0.2) is 22.5 Å². The summed E-state index contributed by atoms with van der Waals surface area (Å²) >= 11 is 1.44. The quantitative estimate of drug-likeness (QED) is 0.408. The summed E-state index contributed by atoms with van der Waals surface area (Å²) in [6, 6.07) is 22.7. The SMILES string of the molecule is Cc1ccccc1N(C(=O)C1(C)Cc2ccccc2C(=O)O1)c1nc2ccccc2s1. The third-order valence-electron chi connectivity index (χ3n) is 5.57. The summed E-state index contributed by atoms with van der Waals surface area (Å²) in [6.45, 7) is 3.63. The number of anilines is 2. The summed E-state index contributed by atoms with van der Waals surface area (Å²) in [5.41, 5.74) is 2.46. The van der Waals surface area contributed by atoms with E-state index in [1.165, 1.54) is 11.3 Å². The molecular weight excluding hydrogens is 408 g/mol. The van der Waals surface area contributed by atoms with Crippen LogP contribution < -0.4 is 4.90 Å². The summed E-state index contributed by atoms with van der Waals surface area (Å²) in [7, 11) is 0. The number of fused-ring (bicyclic) bond motifs is 2. The van der Waals surface area contributed by atoms with E-state index in [0.29, 0.717) is 17.1 Å². The van der Waals surface area contributed by atoms with Crippen molar-refractivity contribution in [2.45, 2.75) is 25.9 Å². The first-order valence-corrected chi connectivity index (χ1v) is 10.8. The van der Waals surface area contributed by atoms with Crippen LogP contribution in [0.25, 0.3) is 10.2 Å². The molecule has 0 fully saturated rings. The van der Waals surface area contributed by atoms with Gasteiger partial charge in [0.15, 0.2) is 10.7 Å². The molecule has 1 unspecified atom stereocenters. The Hall–Kier alpha value is -3.51. The molecule has 1 aliphatic rings. The monoisotopic (exact) mass is 428 g/mol. The van der Waals surface area contributed by atoms with Gasteiger partial charge in [-0.2, -0.15) is 0 Å². The molecule has 0 N–H and O–H groups in total. The highest BCUT2D eigenvalue weighted by Crippen LogP contribution is 2.39. The Morgan fingerprint density at radius 1 is 1.03 bits per heavy atom. The topological polar surface area (TPSA) is 59.5 Å². The molecule has 0 spiro atoms. The van der Waals surface area contributed by atoms with Gasteiger partial charge in [0.1, 0.15) is 0 Å². The summed E-state index contributed by atoms with van der Waals surface area (Å²) in [5, 5.41) is 0.552. The Kier molecular flexibility index (Phi) is 4.59. The molecule has 0 bridgehead atoms. The number of para-hydroxylation sites is 2. The van der Waals surface area contributed by atoms with Crippen molar-refractivity contribution in [2.24, 2.45) is 0 Å². The zero-order valence-corrected chi connectivity index (χ0v) is 18.0. The summed E-state index contributed by atoms with van der Waals surface area (Å²) in [5.74, 6) is -0.796. The van der Waals surface area contributed by atoms with Gasteiger partial charge in [0.05, 0.1) is 21.5 Å². The number of hydrogen-bond acceptors (Lipinski definition) is 5. The van der Waals surface area contributed by atoms with E-state index < -0.39 is 11.6 Å². The Balaban J connectivity index is 1.64. The number of carbonyl (C=O) groups excluding carboxylic acids is 2. The van der Waals surface area contributed by atoms with E-state index in [0.717, 1.165) is 27.0 Å². The van der Waals surface area contributed by atoms with Crippen LogP contribution in [0.1, 0.15) is 28.4 Å². The van der Waals surface area contributed by atoms with Crippen LogP contribution in [0.15, 0.2) is 72.8 Å². The number of esters is 1. The lowest BCUT2D eigenvalue weighted by atomic mass is 9.88. The van der Waals surface area contributed by atoms with Crippen molar-refractivity contribution in [3.8, 4) is 0 Å². The van der Waals surface area contributed by atoms with Crippen LogP contribution in [-0.2, 0) is 16.0 Å². The maximum atomic E-state index is 14.0. The smallest absolute Gasteiger partial charge is 0.339 e. The molecule has 3 aromatic carbocycles. The maximum absolute atomic E-state index is 14.0. The van der Waals surface area contributed by atoms with Gasteiger partial charge in [0.2, 0.25) is 0 Å². The molecular formula is C25H20N2O3S. The number of hydrogen-bond donors (Lipinski definition) is 0. The minimum absolute atomic E-state index is 0.307. The Labute approximate surface area is 183 Å². The molecule has 5 nitrogen and oxygen atoms in total. The van der Waals surface area contributed by atoms with E-state index in [4.69, 9.17) is 9.72 Å². The fraction of sp³-hybridized carbons (Fsp3) is 0.160. The summed E-state index contributed by atoms with van der Waals surface area (Å²) in [6.07, 6.45) is 0.307. The van der Waals surface area contributed by atoms with Crippen molar-refractivity contribution >= 4 is 44.2 Å². The maximum Gasteiger partial charge on any atom is 0.339 e. The molecule has 0 radical (unpaired) electrons. The van der Waals surface area contributed by atoms with Crippen LogP contribution in [0.4, 0.5) is 10.8 Å². The molecule has 154 valence electrons. The van der Waals surface area contributed by atoms with Crippen LogP contribution in [0.2, 0.25) is 0 Å². The summed E-state index contributed by atoms with van der Waals surface area (Å²) < 4.78 is 6.73. The number of thiazole rings is 1. The van der Waals surface area contributed by atoms with Gasteiger partial charge >= 0.3 is 5.97 Å². The van der Waals surface area contributed by atoms with E-state index in [1.807, 2.05) is 67.6 Å². The molecule has 0 saturated carbocycles. The van der Waals surface area contributed by atoms with Crippen molar-refractivity contribution in [3.63, 3.8) is 0 Å². The summed E-state index contributed by atoms with van der Waals surface area (Å²) in [4.78, 5) is 33.0. The van der Waals surface area contributed by atoms with Gasteiger partial charge in [0.25, 0.3) is 5.91 Å². The Morgan fingerprint density at radius 3 is 2.55 bits per heavy atom. The van der Waals surface area contributed by atoms with Gasteiger partial charge in [-0.1, -0.05) is 59.9 Å². The lowest BCUT2D eigenvalue weighted by Gasteiger charge is -2.36. The van der Waals surface area contributed by atoms with E-state index in [9.17, 15) is 9.59 Å².